The molecule has 9 heteroatoms. The molecule has 0 spiro atoms. The van der Waals surface area contributed by atoms with Gasteiger partial charge in [0.2, 0.25) is 0 Å². The topological polar surface area (TPSA) is 112 Å². The van der Waals surface area contributed by atoms with Crippen molar-refractivity contribution in [1.29, 1.82) is 0 Å². The molecule has 2 aromatic heterocycles. The van der Waals surface area contributed by atoms with Crippen molar-refractivity contribution in [2.24, 2.45) is 0 Å². The van der Waals surface area contributed by atoms with Crippen LogP contribution in [0.25, 0.3) is 10.9 Å². The number of amides is 1. The summed E-state index contributed by atoms with van der Waals surface area (Å²) in [5.74, 6) is -0.118. The third kappa shape index (κ3) is 6.38. The van der Waals surface area contributed by atoms with E-state index in [0.29, 0.717) is 16.8 Å². The molecule has 0 aliphatic rings. The van der Waals surface area contributed by atoms with E-state index in [-0.39, 0.29) is 29.7 Å². The van der Waals surface area contributed by atoms with E-state index < -0.39 is 17.5 Å². The third-order valence-electron chi connectivity index (χ3n) is 5.47. The van der Waals surface area contributed by atoms with E-state index >= 15 is 0 Å². The van der Waals surface area contributed by atoms with Crippen LogP contribution >= 0.6 is 0 Å². The number of ether oxygens (including phenoxy) is 2. The standard InChI is InChI=1S/C28H28N4O5/c1-28(2,3)37-27(35)20-10-8-18(9-11-20)16-32-17-31-24-15-29-23(13-22(24)26(32)34)25(33)30-14-19-6-5-7-21(12-19)36-4/h5-13,15,17H,14,16H2,1-4H3,(H,30,33). The maximum Gasteiger partial charge on any atom is 0.338 e. The largest absolute Gasteiger partial charge is 0.497 e. The Balaban J connectivity index is 1.50. The Bertz CT molecular complexity index is 1500. The number of pyridine rings is 1. The lowest BCUT2D eigenvalue weighted by Crippen LogP contribution is -2.25. The fourth-order valence-corrected chi connectivity index (χ4v) is 3.63. The minimum Gasteiger partial charge on any atom is -0.497 e. The summed E-state index contributed by atoms with van der Waals surface area (Å²) in [7, 11) is 1.58. The number of benzene rings is 2. The van der Waals surface area contributed by atoms with Crippen LogP contribution < -0.4 is 15.6 Å². The van der Waals surface area contributed by atoms with Gasteiger partial charge in [-0.1, -0.05) is 24.3 Å². The van der Waals surface area contributed by atoms with Crippen molar-refractivity contribution < 1.29 is 19.1 Å². The number of nitrogens with one attached hydrogen (secondary N) is 1. The summed E-state index contributed by atoms with van der Waals surface area (Å²) in [5.41, 5.74) is 1.74. The van der Waals surface area contributed by atoms with Crippen molar-refractivity contribution >= 4 is 22.8 Å². The van der Waals surface area contributed by atoms with Crippen LogP contribution in [0.4, 0.5) is 0 Å². The Morgan fingerprint density at radius 3 is 2.46 bits per heavy atom. The lowest BCUT2D eigenvalue weighted by atomic mass is 10.1. The minimum absolute atomic E-state index is 0.119. The predicted octanol–water partition coefficient (Wildman–Crippen LogP) is 3.73. The summed E-state index contributed by atoms with van der Waals surface area (Å²) in [4.78, 5) is 46.6. The Labute approximate surface area is 214 Å². The smallest absolute Gasteiger partial charge is 0.338 e. The molecule has 0 atom stereocenters. The van der Waals surface area contributed by atoms with Gasteiger partial charge >= 0.3 is 5.97 Å². The lowest BCUT2D eigenvalue weighted by Gasteiger charge is -2.19. The number of aromatic nitrogens is 3. The van der Waals surface area contributed by atoms with Crippen molar-refractivity contribution in [3.63, 3.8) is 0 Å². The highest BCUT2D eigenvalue weighted by molar-refractivity contribution is 5.95. The first kappa shape index (κ1) is 25.6. The van der Waals surface area contributed by atoms with Gasteiger partial charge in [0, 0.05) is 6.54 Å². The van der Waals surface area contributed by atoms with Gasteiger partial charge in [0.25, 0.3) is 11.5 Å². The third-order valence-corrected chi connectivity index (χ3v) is 5.47. The van der Waals surface area contributed by atoms with E-state index in [1.165, 1.54) is 23.2 Å². The Kier molecular flexibility index (Phi) is 7.33. The maximum absolute atomic E-state index is 13.2. The Morgan fingerprint density at radius 1 is 1.00 bits per heavy atom. The summed E-state index contributed by atoms with van der Waals surface area (Å²) in [6, 6.07) is 15.7. The number of rotatable bonds is 7. The van der Waals surface area contributed by atoms with Crippen LogP contribution in [0.3, 0.4) is 0 Å². The highest BCUT2D eigenvalue weighted by Gasteiger charge is 2.18. The zero-order valence-electron chi connectivity index (χ0n) is 21.1. The molecule has 37 heavy (non-hydrogen) atoms. The number of hydrogen-bond donors (Lipinski definition) is 1. The number of carbonyl (C=O) groups excluding carboxylic acids is 2. The van der Waals surface area contributed by atoms with E-state index in [1.54, 1.807) is 31.4 Å². The van der Waals surface area contributed by atoms with Crippen LogP contribution in [-0.2, 0) is 17.8 Å². The molecule has 2 aromatic carbocycles. The van der Waals surface area contributed by atoms with Crippen molar-refractivity contribution in [1.82, 2.24) is 19.9 Å². The second-order valence-electron chi connectivity index (χ2n) is 9.50. The molecule has 1 amide bonds. The number of hydrogen-bond acceptors (Lipinski definition) is 7. The van der Waals surface area contributed by atoms with Crippen LogP contribution in [0.2, 0.25) is 0 Å². The second-order valence-corrected chi connectivity index (χ2v) is 9.50. The molecule has 0 aliphatic heterocycles. The quantitative estimate of drug-likeness (QED) is 0.385. The Hall–Kier alpha value is -4.53. The monoisotopic (exact) mass is 500 g/mol. The molecule has 2 heterocycles. The summed E-state index contributed by atoms with van der Waals surface area (Å²) >= 11 is 0. The minimum atomic E-state index is -0.584. The molecular weight excluding hydrogens is 472 g/mol. The number of esters is 1. The molecule has 0 saturated carbocycles. The van der Waals surface area contributed by atoms with Crippen molar-refractivity contribution in [3.05, 3.63) is 99.9 Å². The van der Waals surface area contributed by atoms with Gasteiger partial charge in [0.15, 0.2) is 0 Å². The second kappa shape index (κ2) is 10.6. The van der Waals surface area contributed by atoms with Crippen molar-refractivity contribution in [3.8, 4) is 5.75 Å². The van der Waals surface area contributed by atoms with Crippen LogP contribution in [0, 0.1) is 0 Å². The number of fused-ring (bicyclic) bond motifs is 1. The maximum atomic E-state index is 13.2. The van der Waals surface area contributed by atoms with Gasteiger partial charge in [-0.3, -0.25) is 14.2 Å². The summed E-state index contributed by atoms with van der Waals surface area (Å²) in [6.07, 6.45) is 2.85. The fourth-order valence-electron chi connectivity index (χ4n) is 3.63. The number of methoxy groups -OCH3 is 1. The van der Waals surface area contributed by atoms with Crippen LogP contribution in [-0.4, -0.2) is 39.1 Å². The number of nitrogens with zero attached hydrogens (tertiary/aromatic N) is 3. The van der Waals surface area contributed by atoms with E-state index in [0.717, 1.165) is 11.1 Å². The Morgan fingerprint density at radius 2 is 1.76 bits per heavy atom. The normalized spacial score (nSPS) is 11.2. The molecule has 0 fully saturated rings. The first-order valence-corrected chi connectivity index (χ1v) is 11.7. The number of carbonyl (C=O) groups is 2. The fraction of sp³-hybridized carbons (Fsp3) is 0.250. The summed E-state index contributed by atoms with van der Waals surface area (Å²) in [5, 5.41) is 3.10. The molecule has 0 saturated heterocycles. The molecule has 9 nitrogen and oxygen atoms in total. The van der Waals surface area contributed by atoms with Crippen LogP contribution in [0.15, 0.2) is 71.9 Å². The van der Waals surface area contributed by atoms with Gasteiger partial charge in [-0.25, -0.2) is 14.8 Å². The van der Waals surface area contributed by atoms with E-state index in [1.807, 2.05) is 45.0 Å². The summed E-state index contributed by atoms with van der Waals surface area (Å²) in [6.45, 7) is 5.96. The van der Waals surface area contributed by atoms with E-state index in [2.05, 4.69) is 15.3 Å². The highest BCUT2D eigenvalue weighted by Crippen LogP contribution is 2.15. The van der Waals surface area contributed by atoms with Gasteiger partial charge in [-0.2, -0.15) is 0 Å². The van der Waals surface area contributed by atoms with Gasteiger partial charge in [-0.05, 0) is 62.2 Å². The SMILES string of the molecule is COc1cccc(CNC(=O)c2cc3c(=O)n(Cc4ccc(C(=O)OC(C)(C)C)cc4)cnc3cn2)c1. The molecule has 4 rings (SSSR count). The van der Waals surface area contributed by atoms with Gasteiger partial charge in [0.1, 0.15) is 17.0 Å². The first-order valence-electron chi connectivity index (χ1n) is 11.7. The highest BCUT2D eigenvalue weighted by atomic mass is 16.6. The van der Waals surface area contributed by atoms with Crippen molar-refractivity contribution in [2.45, 2.75) is 39.5 Å². The molecule has 190 valence electrons. The molecule has 0 bridgehead atoms. The van der Waals surface area contributed by atoms with Gasteiger partial charge < -0.3 is 14.8 Å². The van der Waals surface area contributed by atoms with Gasteiger partial charge in [-0.15, -0.1) is 0 Å². The molecule has 4 aromatic rings. The van der Waals surface area contributed by atoms with E-state index in [9.17, 15) is 14.4 Å². The summed E-state index contributed by atoms with van der Waals surface area (Å²) < 4.78 is 12.0. The van der Waals surface area contributed by atoms with E-state index in [4.69, 9.17) is 9.47 Å². The lowest BCUT2D eigenvalue weighted by molar-refractivity contribution is 0.00694. The van der Waals surface area contributed by atoms with Crippen LogP contribution in [0.1, 0.15) is 52.7 Å². The zero-order chi connectivity index (χ0) is 26.6. The molecule has 1 N–H and O–H groups in total. The molecule has 0 aliphatic carbocycles. The van der Waals surface area contributed by atoms with Gasteiger partial charge in [0.05, 0.1) is 42.6 Å². The molecule has 0 radical (unpaired) electrons. The molecule has 0 unspecified atom stereocenters. The van der Waals surface area contributed by atoms with Crippen LogP contribution in [0.5, 0.6) is 5.75 Å². The molecular formula is C28H28N4O5. The zero-order valence-corrected chi connectivity index (χ0v) is 21.1. The average Bonchev–Trinajstić information content (AvgIpc) is 2.88. The first-order chi connectivity index (χ1) is 17.6. The van der Waals surface area contributed by atoms with Crippen molar-refractivity contribution in [2.75, 3.05) is 7.11 Å². The predicted molar refractivity (Wildman–Crippen MR) is 139 cm³/mol. The average molecular weight is 501 g/mol.